The fraction of sp³-hybridized carbons (Fsp3) is 0. The first kappa shape index (κ1) is 17.9. The third-order valence-corrected chi connectivity index (χ3v) is 8.20. The number of halogens is 4. The molecular weight excluding hydrogens is 560 g/mol. The Labute approximate surface area is 175 Å². The molecule has 3 aromatic carbocycles. The summed E-state index contributed by atoms with van der Waals surface area (Å²) in [4.78, 5) is 0. The van der Waals surface area contributed by atoms with Crippen molar-refractivity contribution in [2.45, 2.75) is 0 Å². The molecule has 0 unspecified atom stereocenters. The van der Waals surface area contributed by atoms with Crippen LogP contribution in [0.1, 0.15) is 11.1 Å². The topological polar surface area (TPSA) is 0 Å². The van der Waals surface area contributed by atoms with Crippen LogP contribution in [0.4, 0.5) is 0 Å². The van der Waals surface area contributed by atoms with Gasteiger partial charge in [0.15, 0.2) is 0 Å². The van der Waals surface area contributed by atoms with Gasteiger partial charge in [-0.15, -0.1) is 0 Å². The maximum atomic E-state index is 3.71. The van der Waals surface area contributed by atoms with Crippen LogP contribution in [0.3, 0.4) is 0 Å². The summed E-state index contributed by atoms with van der Waals surface area (Å²) < 4.78 is 3.80. The summed E-state index contributed by atoms with van der Waals surface area (Å²) in [6, 6.07) is 20.2. The van der Waals surface area contributed by atoms with Crippen LogP contribution in [0.2, 0.25) is 0 Å². The normalized spacial score (nSPS) is 10.2. The molecule has 0 heterocycles. The van der Waals surface area contributed by atoms with Crippen LogP contribution in [-0.4, -0.2) is 0 Å². The monoisotopic (exact) mass is 566 g/mol. The van der Waals surface area contributed by atoms with Gasteiger partial charge in [0.25, 0.3) is 0 Å². The van der Waals surface area contributed by atoms with Crippen molar-refractivity contribution in [1.82, 2.24) is 0 Å². The Hall–Kier alpha value is -0.860. The molecule has 24 heavy (non-hydrogen) atoms. The van der Waals surface area contributed by atoms with Gasteiger partial charge < -0.3 is 0 Å². The van der Waals surface area contributed by atoms with E-state index in [1.807, 2.05) is 48.5 Å². The van der Waals surface area contributed by atoms with Gasteiger partial charge >= 0.3 is 0 Å². The predicted octanol–water partition coefficient (Wildman–Crippen LogP) is 7.80. The highest BCUT2D eigenvalue weighted by atomic mass is 79.9. The SMILES string of the molecule is Brc1c(Br)c(Br)c(-c2ccccc2)c(C#Cc2ccccc2)c1Br. The van der Waals surface area contributed by atoms with Crippen LogP contribution in [0.5, 0.6) is 0 Å². The Morgan fingerprint density at radius 3 is 1.71 bits per heavy atom. The third-order valence-electron chi connectivity index (χ3n) is 3.44. The van der Waals surface area contributed by atoms with Crippen LogP contribution in [0, 0.1) is 11.8 Å². The summed E-state index contributed by atoms with van der Waals surface area (Å²) in [6.45, 7) is 0. The quantitative estimate of drug-likeness (QED) is 0.159. The van der Waals surface area contributed by atoms with Gasteiger partial charge in [-0.05, 0) is 81.4 Å². The van der Waals surface area contributed by atoms with Crippen molar-refractivity contribution in [3.8, 4) is 23.0 Å². The highest BCUT2D eigenvalue weighted by Gasteiger charge is 2.19. The maximum Gasteiger partial charge on any atom is 0.0493 e. The van der Waals surface area contributed by atoms with Crippen molar-refractivity contribution in [1.29, 1.82) is 0 Å². The van der Waals surface area contributed by atoms with Crippen LogP contribution in [-0.2, 0) is 0 Å². The molecule has 3 aromatic rings. The zero-order valence-electron chi connectivity index (χ0n) is 12.3. The molecule has 0 aliphatic rings. The molecule has 0 N–H and O–H groups in total. The lowest BCUT2D eigenvalue weighted by atomic mass is 9.99. The van der Waals surface area contributed by atoms with Crippen LogP contribution in [0.15, 0.2) is 78.6 Å². The highest BCUT2D eigenvalue weighted by molar-refractivity contribution is 9.15. The van der Waals surface area contributed by atoms with Crippen molar-refractivity contribution in [3.63, 3.8) is 0 Å². The van der Waals surface area contributed by atoms with Gasteiger partial charge in [0.2, 0.25) is 0 Å². The average Bonchev–Trinajstić information content (AvgIpc) is 2.63. The summed E-state index contributed by atoms with van der Waals surface area (Å²) in [7, 11) is 0. The summed E-state index contributed by atoms with van der Waals surface area (Å²) >= 11 is 14.7. The van der Waals surface area contributed by atoms with Gasteiger partial charge in [-0.1, -0.05) is 60.4 Å². The van der Waals surface area contributed by atoms with E-state index in [0.717, 1.165) is 40.1 Å². The lowest BCUT2D eigenvalue weighted by molar-refractivity contribution is 1.44. The van der Waals surface area contributed by atoms with E-state index in [2.05, 4.69) is 87.7 Å². The average molecular weight is 570 g/mol. The van der Waals surface area contributed by atoms with Crippen molar-refractivity contribution in [2.75, 3.05) is 0 Å². The van der Waals surface area contributed by atoms with Crippen LogP contribution in [0.25, 0.3) is 11.1 Å². The Morgan fingerprint density at radius 2 is 1.08 bits per heavy atom. The summed E-state index contributed by atoms with van der Waals surface area (Å²) in [5.74, 6) is 6.58. The van der Waals surface area contributed by atoms with E-state index in [1.54, 1.807) is 0 Å². The molecule has 0 atom stereocenters. The minimum atomic E-state index is 0.930. The van der Waals surface area contributed by atoms with Gasteiger partial charge in [0.05, 0.1) is 0 Å². The molecule has 0 radical (unpaired) electrons. The second-order valence-corrected chi connectivity index (χ2v) is 8.16. The van der Waals surface area contributed by atoms with E-state index < -0.39 is 0 Å². The van der Waals surface area contributed by atoms with Crippen LogP contribution < -0.4 is 0 Å². The molecule has 0 saturated carbocycles. The molecule has 0 aromatic heterocycles. The third kappa shape index (κ3) is 3.70. The van der Waals surface area contributed by atoms with Crippen molar-refractivity contribution >= 4 is 63.7 Å². The Morgan fingerprint density at radius 1 is 0.542 bits per heavy atom. The minimum absolute atomic E-state index is 0.930. The van der Waals surface area contributed by atoms with E-state index in [9.17, 15) is 0 Å². The molecular formula is C20H10Br4. The zero-order valence-corrected chi connectivity index (χ0v) is 18.6. The molecule has 0 aliphatic carbocycles. The Balaban J connectivity index is 2.27. The number of benzene rings is 3. The molecule has 3 rings (SSSR count). The molecule has 0 fully saturated rings. The first-order valence-electron chi connectivity index (χ1n) is 7.08. The highest BCUT2D eigenvalue weighted by Crippen LogP contribution is 2.45. The lowest BCUT2D eigenvalue weighted by Gasteiger charge is -2.14. The van der Waals surface area contributed by atoms with Gasteiger partial charge in [0.1, 0.15) is 0 Å². The molecule has 0 amide bonds. The van der Waals surface area contributed by atoms with Gasteiger partial charge in [-0.3, -0.25) is 0 Å². The minimum Gasteiger partial charge on any atom is -0.0622 e. The van der Waals surface area contributed by atoms with Gasteiger partial charge in [-0.2, -0.15) is 0 Å². The fourth-order valence-electron chi connectivity index (χ4n) is 2.28. The zero-order chi connectivity index (χ0) is 17.1. The van der Waals surface area contributed by atoms with E-state index in [0.29, 0.717) is 0 Å². The Bertz CT molecular complexity index is 936. The van der Waals surface area contributed by atoms with Crippen LogP contribution >= 0.6 is 63.7 Å². The summed E-state index contributed by atoms with van der Waals surface area (Å²) in [5, 5.41) is 0. The molecule has 0 bridgehead atoms. The lowest BCUT2D eigenvalue weighted by Crippen LogP contribution is -1.92. The number of rotatable bonds is 1. The van der Waals surface area contributed by atoms with E-state index >= 15 is 0 Å². The van der Waals surface area contributed by atoms with E-state index in [4.69, 9.17) is 0 Å². The second-order valence-electron chi connectivity index (χ2n) is 4.99. The molecule has 0 saturated heterocycles. The Kier molecular flexibility index (Phi) is 5.99. The van der Waals surface area contributed by atoms with E-state index in [1.165, 1.54) is 0 Å². The largest absolute Gasteiger partial charge is 0.0622 e. The smallest absolute Gasteiger partial charge is 0.0493 e. The number of hydrogen-bond acceptors (Lipinski definition) is 0. The predicted molar refractivity (Wildman–Crippen MR) is 115 cm³/mol. The molecule has 0 nitrogen and oxygen atoms in total. The van der Waals surface area contributed by atoms with Crippen molar-refractivity contribution < 1.29 is 0 Å². The molecule has 0 spiro atoms. The molecule has 118 valence electrons. The van der Waals surface area contributed by atoms with Gasteiger partial charge in [-0.25, -0.2) is 0 Å². The first-order chi connectivity index (χ1) is 11.6. The second kappa shape index (κ2) is 8.01. The van der Waals surface area contributed by atoms with Crippen molar-refractivity contribution in [2.24, 2.45) is 0 Å². The van der Waals surface area contributed by atoms with Gasteiger partial charge in [0, 0.05) is 34.6 Å². The fourth-order valence-corrected chi connectivity index (χ4v) is 4.73. The number of hydrogen-bond donors (Lipinski definition) is 0. The maximum absolute atomic E-state index is 3.71. The molecule has 0 aliphatic heterocycles. The standard InChI is InChI=1S/C20H10Br4/c21-17-15(12-11-13-7-3-1-4-8-13)16(14-9-5-2-6-10-14)18(22)20(24)19(17)23/h1-10H. The van der Waals surface area contributed by atoms with E-state index in [-0.39, 0.29) is 0 Å². The summed E-state index contributed by atoms with van der Waals surface area (Å²) in [6.07, 6.45) is 0. The molecule has 4 heteroatoms. The van der Waals surface area contributed by atoms with Crippen molar-refractivity contribution in [3.05, 3.63) is 89.7 Å². The summed E-state index contributed by atoms with van der Waals surface area (Å²) in [5.41, 5.74) is 4.09. The first-order valence-corrected chi connectivity index (χ1v) is 10.2.